The minimum atomic E-state index is 0.718. The smallest absolute Gasteiger partial charge is 0.0291 e. The average molecular weight is 252 g/mol. The van der Waals surface area contributed by atoms with Crippen molar-refractivity contribution in [3.63, 3.8) is 0 Å². The molecular formula is C18H36. The summed E-state index contributed by atoms with van der Waals surface area (Å²) in [6, 6.07) is 0. The number of allylic oxidation sites excluding steroid dienone is 6. The Balaban J connectivity index is -0.000000187. The summed E-state index contributed by atoms with van der Waals surface area (Å²) in [5.41, 5.74) is 0. The summed E-state index contributed by atoms with van der Waals surface area (Å²) in [5.74, 6) is 2.15. The van der Waals surface area contributed by atoms with Gasteiger partial charge in [0.2, 0.25) is 0 Å². The first-order valence-electron chi connectivity index (χ1n) is 7.20. The highest BCUT2D eigenvalue weighted by molar-refractivity contribution is 4.80. The molecule has 0 heteroatoms. The molecule has 108 valence electrons. The molecule has 0 fully saturated rings. The van der Waals surface area contributed by atoms with Crippen LogP contribution in [0.1, 0.15) is 62.3 Å². The predicted molar refractivity (Wildman–Crippen MR) is 89.0 cm³/mol. The van der Waals surface area contributed by atoms with Crippen LogP contribution in [0.25, 0.3) is 0 Å². The normalized spacial score (nSPS) is 11.3. The highest BCUT2D eigenvalue weighted by Gasteiger charge is 1.77. The van der Waals surface area contributed by atoms with Gasteiger partial charge in [-0.3, -0.25) is 0 Å². The van der Waals surface area contributed by atoms with Gasteiger partial charge >= 0.3 is 0 Å². The maximum atomic E-state index is 2.17. The maximum absolute atomic E-state index is 2.17. The fourth-order valence-corrected chi connectivity index (χ4v) is 1.15. The van der Waals surface area contributed by atoms with E-state index in [-0.39, 0.29) is 0 Å². The maximum Gasteiger partial charge on any atom is -0.0291 e. The first kappa shape index (κ1) is 22.4. The second-order valence-electron chi connectivity index (χ2n) is 5.31. The molecule has 0 heterocycles. The standard InChI is InChI=1S/3C6H12/c3*1-4-5-6(2)3/h3*4-6H,1-3H3/b3*5-4+. The Morgan fingerprint density at radius 1 is 0.444 bits per heavy atom. The summed E-state index contributed by atoms with van der Waals surface area (Å²) < 4.78 is 0. The molecule has 0 aliphatic rings. The van der Waals surface area contributed by atoms with Crippen molar-refractivity contribution in [2.75, 3.05) is 0 Å². The lowest BCUT2D eigenvalue weighted by Gasteiger charge is -1.86. The third-order valence-electron chi connectivity index (χ3n) is 1.73. The Morgan fingerprint density at radius 3 is 0.611 bits per heavy atom. The predicted octanol–water partition coefficient (Wildman–Crippen LogP) is 6.66. The molecule has 0 spiro atoms. The lowest BCUT2D eigenvalue weighted by atomic mass is 10.2. The van der Waals surface area contributed by atoms with Crippen LogP contribution in [0.15, 0.2) is 36.5 Å². The second-order valence-corrected chi connectivity index (χ2v) is 5.31. The molecule has 18 heavy (non-hydrogen) atoms. The SMILES string of the molecule is C/C=C/C(C)C.C/C=C/C(C)C.C/C=C/C(C)C. The molecule has 0 aromatic carbocycles. The zero-order valence-corrected chi connectivity index (χ0v) is 14.2. The van der Waals surface area contributed by atoms with Gasteiger partial charge in [0.15, 0.2) is 0 Å². The van der Waals surface area contributed by atoms with Gasteiger partial charge in [-0.05, 0) is 38.5 Å². The molecule has 0 N–H and O–H groups in total. The summed E-state index contributed by atoms with van der Waals surface area (Å²) in [6.45, 7) is 19.1. The zero-order valence-electron chi connectivity index (χ0n) is 14.2. The van der Waals surface area contributed by atoms with E-state index in [0.717, 1.165) is 17.8 Å². The summed E-state index contributed by atoms with van der Waals surface area (Å²) in [4.78, 5) is 0. The monoisotopic (exact) mass is 252 g/mol. The van der Waals surface area contributed by atoms with E-state index >= 15 is 0 Å². The Labute approximate surface area is 117 Å². The van der Waals surface area contributed by atoms with Gasteiger partial charge in [0.25, 0.3) is 0 Å². The van der Waals surface area contributed by atoms with Gasteiger partial charge in [0.05, 0.1) is 0 Å². The lowest BCUT2D eigenvalue weighted by molar-refractivity contribution is 0.830. The van der Waals surface area contributed by atoms with Gasteiger partial charge < -0.3 is 0 Å². The molecule has 0 saturated carbocycles. The van der Waals surface area contributed by atoms with Crippen molar-refractivity contribution in [2.24, 2.45) is 17.8 Å². The first-order valence-corrected chi connectivity index (χ1v) is 7.20. The van der Waals surface area contributed by atoms with Crippen LogP contribution in [-0.2, 0) is 0 Å². The average Bonchev–Trinajstić information content (AvgIpc) is 2.18. The van der Waals surface area contributed by atoms with Gasteiger partial charge in [-0.2, -0.15) is 0 Å². The molecule has 0 aliphatic carbocycles. The lowest BCUT2D eigenvalue weighted by Crippen LogP contribution is -1.73. The van der Waals surface area contributed by atoms with Crippen LogP contribution in [-0.4, -0.2) is 0 Å². The van der Waals surface area contributed by atoms with Crippen molar-refractivity contribution < 1.29 is 0 Å². The highest BCUT2D eigenvalue weighted by atomic mass is 13.8. The number of rotatable bonds is 3. The van der Waals surface area contributed by atoms with Crippen molar-refractivity contribution in [1.82, 2.24) is 0 Å². The molecule has 0 bridgehead atoms. The second kappa shape index (κ2) is 18.6. The molecule has 0 amide bonds. The van der Waals surface area contributed by atoms with E-state index in [1.807, 2.05) is 20.8 Å². The van der Waals surface area contributed by atoms with Crippen LogP contribution in [0.2, 0.25) is 0 Å². The van der Waals surface area contributed by atoms with Crippen LogP contribution >= 0.6 is 0 Å². The van der Waals surface area contributed by atoms with Crippen molar-refractivity contribution >= 4 is 0 Å². The molecule has 0 rings (SSSR count). The van der Waals surface area contributed by atoms with Crippen LogP contribution < -0.4 is 0 Å². The third kappa shape index (κ3) is 45.5. The first-order chi connectivity index (χ1) is 8.31. The van der Waals surface area contributed by atoms with E-state index in [2.05, 4.69) is 78.0 Å². The Morgan fingerprint density at radius 2 is 0.611 bits per heavy atom. The van der Waals surface area contributed by atoms with E-state index in [0.29, 0.717) is 0 Å². The van der Waals surface area contributed by atoms with E-state index < -0.39 is 0 Å². The molecule has 0 atom stereocenters. The van der Waals surface area contributed by atoms with E-state index in [1.54, 1.807) is 0 Å². The zero-order chi connectivity index (χ0) is 15.0. The summed E-state index contributed by atoms with van der Waals surface area (Å²) in [7, 11) is 0. The van der Waals surface area contributed by atoms with Crippen molar-refractivity contribution in [1.29, 1.82) is 0 Å². The van der Waals surface area contributed by atoms with Crippen LogP contribution in [0.5, 0.6) is 0 Å². The molecule has 0 unspecified atom stereocenters. The highest BCUT2D eigenvalue weighted by Crippen LogP contribution is 1.91. The van der Waals surface area contributed by atoms with Gasteiger partial charge in [0.1, 0.15) is 0 Å². The van der Waals surface area contributed by atoms with E-state index in [9.17, 15) is 0 Å². The largest absolute Gasteiger partial charge is 0.0914 e. The third-order valence-corrected chi connectivity index (χ3v) is 1.73. The molecule has 0 nitrogen and oxygen atoms in total. The van der Waals surface area contributed by atoms with Crippen LogP contribution in [0.4, 0.5) is 0 Å². The fraction of sp³-hybridized carbons (Fsp3) is 0.667. The van der Waals surface area contributed by atoms with Gasteiger partial charge in [-0.25, -0.2) is 0 Å². The van der Waals surface area contributed by atoms with Crippen molar-refractivity contribution in [3.05, 3.63) is 36.5 Å². The van der Waals surface area contributed by atoms with Crippen LogP contribution in [0.3, 0.4) is 0 Å². The minimum Gasteiger partial charge on any atom is -0.0914 e. The Hall–Kier alpha value is -0.780. The molecular weight excluding hydrogens is 216 g/mol. The van der Waals surface area contributed by atoms with Crippen molar-refractivity contribution in [3.8, 4) is 0 Å². The van der Waals surface area contributed by atoms with E-state index in [1.165, 1.54) is 0 Å². The van der Waals surface area contributed by atoms with Gasteiger partial charge in [-0.15, -0.1) is 0 Å². The fourth-order valence-electron chi connectivity index (χ4n) is 1.15. The van der Waals surface area contributed by atoms with Gasteiger partial charge in [0, 0.05) is 0 Å². The van der Waals surface area contributed by atoms with Gasteiger partial charge in [-0.1, -0.05) is 78.0 Å². The quantitative estimate of drug-likeness (QED) is 0.493. The Kier molecular flexibility index (Phi) is 23.1. The van der Waals surface area contributed by atoms with Crippen LogP contribution in [0, 0.1) is 17.8 Å². The molecule has 0 aromatic rings. The number of hydrogen-bond donors (Lipinski definition) is 0. The van der Waals surface area contributed by atoms with Crippen molar-refractivity contribution in [2.45, 2.75) is 62.3 Å². The summed E-state index contributed by atoms with van der Waals surface area (Å²) in [5, 5.41) is 0. The summed E-state index contributed by atoms with van der Waals surface area (Å²) in [6.07, 6.45) is 12.7. The summed E-state index contributed by atoms with van der Waals surface area (Å²) >= 11 is 0. The topological polar surface area (TPSA) is 0 Å². The van der Waals surface area contributed by atoms with E-state index in [4.69, 9.17) is 0 Å². The minimum absolute atomic E-state index is 0.718. The molecule has 0 aliphatic heterocycles. The Bertz CT molecular complexity index is 164. The molecule has 0 aromatic heterocycles. The number of hydrogen-bond acceptors (Lipinski definition) is 0. The molecule has 0 radical (unpaired) electrons. The molecule has 0 saturated heterocycles.